The van der Waals surface area contributed by atoms with E-state index in [1.54, 1.807) is 0 Å². The monoisotopic (exact) mass is 281 g/mol. The molecule has 3 unspecified atom stereocenters. The number of aliphatic hydroxyl groups excluding tert-OH is 1. The van der Waals surface area contributed by atoms with Crippen molar-refractivity contribution in [1.82, 2.24) is 5.32 Å². The first-order valence-corrected chi connectivity index (χ1v) is 7.33. The van der Waals surface area contributed by atoms with Crippen molar-refractivity contribution in [3.63, 3.8) is 0 Å². The van der Waals surface area contributed by atoms with Gasteiger partial charge in [0.05, 0.1) is 0 Å². The smallest absolute Gasteiger partial charge is 0.389 e. The second-order valence-electron chi connectivity index (χ2n) is 5.80. The van der Waals surface area contributed by atoms with E-state index < -0.39 is 12.6 Å². The van der Waals surface area contributed by atoms with E-state index in [0.29, 0.717) is 18.3 Å². The van der Waals surface area contributed by atoms with Crippen molar-refractivity contribution >= 4 is 0 Å². The van der Waals surface area contributed by atoms with Gasteiger partial charge in [0.15, 0.2) is 0 Å². The summed E-state index contributed by atoms with van der Waals surface area (Å²) < 4.78 is 36.1. The van der Waals surface area contributed by atoms with Crippen molar-refractivity contribution in [1.29, 1.82) is 0 Å². The van der Waals surface area contributed by atoms with E-state index in [0.717, 1.165) is 19.4 Å². The molecular formula is C14H26F3NO. The third-order valence-corrected chi connectivity index (χ3v) is 4.13. The molecule has 1 saturated carbocycles. The molecule has 2 N–H and O–H groups in total. The highest BCUT2D eigenvalue weighted by atomic mass is 19.4. The Balaban J connectivity index is 2.16. The van der Waals surface area contributed by atoms with Crippen LogP contribution in [0.3, 0.4) is 0 Å². The first-order chi connectivity index (χ1) is 8.92. The fraction of sp³-hybridized carbons (Fsp3) is 1.00. The lowest BCUT2D eigenvalue weighted by molar-refractivity contribution is -0.135. The maximum absolute atomic E-state index is 12.0. The van der Waals surface area contributed by atoms with Crippen molar-refractivity contribution in [2.45, 2.75) is 64.1 Å². The van der Waals surface area contributed by atoms with E-state index in [4.69, 9.17) is 0 Å². The molecule has 0 radical (unpaired) electrons. The van der Waals surface area contributed by atoms with E-state index in [1.807, 2.05) is 6.92 Å². The highest BCUT2D eigenvalue weighted by molar-refractivity contribution is 4.77. The van der Waals surface area contributed by atoms with E-state index in [1.165, 1.54) is 12.8 Å². The molecule has 0 spiro atoms. The minimum absolute atomic E-state index is 0.114. The van der Waals surface area contributed by atoms with Crippen LogP contribution in [0.5, 0.6) is 0 Å². The molecule has 0 aromatic rings. The van der Waals surface area contributed by atoms with Gasteiger partial charge in [0, 0.05) is 19.1 Å². The van der Waals surface area contributed by atoms with Gasteiger partial charge in [0.2, 0.25) is 0 Å². The average Bonchev–Trinajstić information content (AvgIpc) is 2.35. The number of aliphatic hydroxyl groups is 1. The Bertz CT molecular complexity index is 245. The van der Waals surface area contributed by atoms with Gasteiger partial charge in [0.1, 0.15) is 0 Å². The number of halogens is 3. The predicted octanol–water partition coefficient (Wildman–Crippen LogP) is 3.50. The highest BCUT2D eigenvalue weighted by Gasteiger charge is 2.27. The average molecular weight is 281 g/mol. The van der Waals surface area contributed by atoms with Crippen LogP contribution in [0.15, 0.2) is 0 Å². The molecule has 0 bridgehead atoms. The Morgan fingerprint density at radius 1 is 1.21 bits per heavy atom. The fourth-order valence-corrected chi connectivity index (χ4v) is 2.86. The van der Waals surface area contributed by atoms with Gasteiger partial charge < -0.3 is 10.4 Å². The number of hydrogen-bond donors (Lipinski definition) is 2. The molecule has 0 heterocycles. The minimum Gasteiger partial charge on any atom is -0.396 e. The van der Waals surface area contributed by atoms with Crippen LogP contribution in [0, 0.1) is 11.8 Å². The highest BCUT2D eigenvalue weighted by Crippen LogP contribution is 2.29. The van der Waals surface area contributed by atoms with E-state index in [2.05, 4.69) is 5.32 Å². The Hall–Kier alpha value is -0.290. The largest absolute Gasteiger partial charge is 0.396 e. The summed E-state index contributed by atoms with van der Waals surface area (Å²) >= 11 is 0. The van der Waals surface area contributed by atoms with Crippen LogP contribution in [0.1, 0.15) is 51.9 Å². The second-order valence-corrected chi connectivity index (χ2v) is 5.80. The number of nitrogens with one attached hydrogen (secondary N) is 1. The third kappa shape index (κ3) is 7.16. The molecule has 1 aliphatic carbocycles. The van der Waals surface area contributed by atoms with Crippen molar-refractivity contribution < 1.29 is 18.3 Å². The van der Waals surface area contributed by atoms with Crippen LogP contribution in [0.4, 0.5) is 13.2 Å². The van der Waals surface area contributed by atoms with Crippen molar-refractivity contribution in [3.8, 4) is 0 Å². The van der Waals surface area contributed by atoms with Gasteiger partial charge in [-0.2, -0.15) is 13.2 Å². The first-order valence-electron chi connectivity index (χ1n) is 7.33. The van der Waals surface area contributed by atoms with Crippen molar-refractivity contribution in [2.24, 2.45) is 11.8 Å². The normalized spacial score (nSPS) is 26.4. The Labute approximate surface area is 113 Å². The van der Waals surface area contributed by atoms with E-state index in [-0.39, 0.29) is 19.1 Å². The number of alkyl halides is 3. The van der Waals surface area contributed by atoms with Crippen molar-refractivity contribution in [3.05, 3.63) is 0 Å². The quantitative estimate of drug-likeness (QED) is 0.748. The molecule has 3 atom stereocenters. The molecule has 0 aliphatic heterocycles. The molecule has 0 saturated heterocycles. The lowest BCUT2D eigenvalue weighted by Gasteiger charge is -2.31. The van der Waals surface area contributed by atoms with Crippen molar-refractivity contribution in [2.75, 3.05) is 13.2 Å². The third-order valence-electron chi connectivity index (χ3n) is 4.13. The molecule has 0 aromatic heterocycles. The van der Waals surface area contributed by atoms with Gasteiger partial charge in [-0.1, -0.05) is 12.8 Å². The standard InChI is InChI=1S/C14H26F3NO/c1-11(5-4-8-14(15,16)17)18-9-12-6-2-3-7-13(12)10-19/h11-13,18-19H,2-10H2,1H3. The summed E-state index contributed by atoms with van der Waals surface area (Å²) in [4.78, 5) is 0. The molecule has 1 fully saturated rings. The lowest BCUT2D eigenvalue weighted by Crippen LogP contribution is -2.36. The van der Waals surface area contributed by atoms with Crippen LogP contribution >= 0.6 is 0 Å². The molecule has 0 amide bonds. The summed E-state index contributed by atoms with van der Waals surface area (Å²) in [5, 5.41) is 12.6. The first kappa shape index (κ1) is 16.8. The maximum Gasteiger partial charge on any atom is 0.389 e. The zero-order chi connectivity index (χ0) is 14.3. The Kier molecular flexibility index (Phi) is 7.15. The summed E-state index contributed by atoms with van der Waals surface area (Å²) in [5.41, 5.74) is 0. The molecule has 0 aromatic carbocycles. The zero-order valence-electron chi connectivity index (χ0n) is 11.7. The summed E-state index contributed by atoms with van der Waals surface area (Å²) in [5.74, 6) is 0.840. The van der Waals surface area contributed by atoms with Gasteiger partial charge in [-0.05, 0) is 51.0 Å². The summed E-state index contributed by atoms with van der Waals surface area (Å²) in [6.45, 7) is 2.99. The number of hydrogen-bond acceptors (Lipinski definition) is 2. The zero-order valence-corrected chi connectivity index (χ0v) is 11.7. The van der Waals surface area contributed by atoms with Gasteiger partial charge in [-0.15, -0.1) is 0 Å². The number of rotatable bonds is 7. The Morgan fingerprint density at radius 3 is 2.42 bits per heavy atom. The van der Waals surface area contributed by atoms with Gasteiger partial charge in [-0.25, -0.2) is 0 Å². The molecule has 1 aliphatic rings. The molecule has 1 rings (SSSR count). The molecule has 19 heavy (non-hydrogen) atoms. The molecule has 114 valence electrons. The van der Waals surface area contributed by atoms with E-state index in [9.17, 15) is 18.3 Å². The summed E-state index contributed by atoms with van der Waals surface area (Å²) in [6.07, 6.45) is 0.585. The maximum atomic E-state index is 12.0. The minimum atomic E-state index is -4.04. The van der Waals surface area contributed by atoms with Crippen LogP contribution in [0.2, 0.25) is 0 Å². The molecular weight excluding hydrogens is 255 g/mol. The van der Waals surface area contributed by atoms with Crippen LogP contribution in [0.25, 0.3) is 0 Å². The van der Waals surface area contributed by atoms with Crippen LogP contribution in [-0.2, 0) is 0 Å². The van der Waals surface area contributed by atoms with Crippen LogP contribution in [-0.4, -0.2) is 30.5 Å². The SMILES string of the molecule is CC(CCCC(F)(F)F)NCC1CCCCC1CO. The van der Waals surface area contributed by atoms with E-state index >= 15 is 0 Å². The predicted molar refractivity (Wildman–Crippen MR) is 69.9 cm³/mol. The fourth-order valence-electron chi connectivity index (χ4n) is 2.86. The topological polar surface area (TPSA) is 32.3 Å². The Morgan fingerprint density at radius 2 is 1.84 bits per heavy atom. The van der Waals surface area contributed by atoms with Gasteiger partial charge in [-0.3, -0.25) is 0 Å². The molecule has 5 heteroatoms. The van der Waals surface area contributed by atoms with Gasteiger partial charge >= 0.3 is 6.18 Å². The van der Waals surface area contributed by atoms with Gasteiger partial charge in [0.25, 0.3) is 0 Å². The molecule has 2 nitrogen and oxygen atoms in total. The lowest BCUT2D eigenvalue weighted by atomic mass is 9.79. The summed E-state index contributed by atoms with van der Waals surface area (Å²) in [7, 11) is 0. The second kappa shape index (κ2) is 8.10. The van der Waals surface area contributed by atoms with Crippen LogP contribution < -0.4 is 5.32 Å². The summed E-state index contributed by atoms with van der Waals surface area (Å²) in [6, 6.07) is 0.114.